The summed E-state index contributed by atoms with van der Waals surface area (Å²) in [5.74, 6) is 0.421. The van der Waals surface area contributed by atoms with Gasteiger partial charge < -0.3 is 10.4 Å². The molecule has 0 bridgehead atoms. The number of aromatic hydroxyl groups is 1. The van der Waals surface area contributed by atoms with Crippen LogP contribution in [0.25, 0.3) is 0 Å². The Morgan fingerprint density at radius 2 is 1.73 bits per heavy atom. The molecule has 2 rings (SSSR count). The zero-order chi connectivity index (χ0) is 14.5. The van der Waals surface area contributed by atoms with Crippen LogP contribution in [-0.4, -0.2) is 36.2 Å². The molecule has 3 nitrogen and oxygen atoms in total. The Bertz CT molecular complexity index is 434. The molecule has 0 saturated carbocycles. The Morgan fingerprint density at radius 1 is 1.18 bits per heavy atom. The maximum absolute atomic E-state index is 9.96. The second-order valence-corrected chi connectivity index (χ2v) is 7.60. The Hall–Kier alpha value is 0.980. The molecule has 1 saturated heterocycles. The monoisotopic (exact) mass is 572 g/mol. The lowest BCUT2D eigenvalue weighted by molar-refractivity contribution is 0.163. The molecule has 0 amide bonds. The number of halogens is 4. The van der Waals surface area contributed by atoms with Gasteiger partial charge in [-0.25, -0.2) is 0 Å². The third-order valence-corrected chi connectivity index (χ3v) is 5.49. The van der Waals surface area contributed by atoms with Crippen LogP contribution in [0.5, 0.6) is 5.75 Å². The van der Waals surface area contributed by atoms with Gasteiger partial charge in [0.25, 0.3) is 0 Å². The molecule has 128 valence electrons. The van der Waals surface area contributed by atoms with Crippen molar-refractivity contribution in [3.63, 3.8) is 0 Å². The number of benzene rings is 1. The fourth-order valence-corrected chi connectivity index (χ4v) is 4.55. The number of unbranched alkanes of at least 4 members (excludes halogenated alkanes) is 1. The maximum atomic E-state index is 9.96. The Balaban J connectivity index is 0.00000220. The lowest BCUT2D eigenvalue weighted by atomic mass is 9.98. The summed E-state index contributed by atoms with van der Waals surface area (Å²) in [5.41, 5.74) is 1.35. The number of hydrogen-bond acceptors (Lipinski definition) is 3. The fourth-order valence-electron chi connectivity index (χ4n) is 2.73. The molecule has 1 fully saturated rings. The molecule has 0 aliphatic carbocycles. The smallest absolute Gasteiger partial charge is 0.142 e. The number of nitrogens with zero attached hydrogens (tertiary/aromatic N) is 1. The van der Waals surface area contributed by atoms with Gasteiger partial charge in [0, 0.05) is 32.2 Å². The molecule has 7 heteroatoms. The summed E-state index contributed by atoms with van der Waals surface area (Å²) in [4.78, 5) is 2.59. The van der Waals surface area contributed by atoms with Crippen LogP contribution in [-0.2, 0) is 0 Å². The van der Waals surface area contributed by atoms with Crippen LogP contribution in [0.1, 0.15) is 37.8 Å². The van der Waals surface area contributed by atoms with E-state index in [1.54, 1.807) is 0 Å². The van der Waals surface area contributed by atoms with E-state index in [0.29, 0.717) is 11.8 Å². The van der Waals surface area contributed by atoms with Gasteiger partial charge in [0.05, 0.1) is 7.14 Å². The third kappa shape index (κ3) is 6.12. The summed E-state index contributed by atoms with van der Waals surface area (Å²) < 4.78 is 1.92. The minimum atomic E-state index is 0. The molecule has 0 aromatic heterocycles. The quantitative estimate of drug-likeness (QED) is 0.507. The van der Waals surface area contributed by atoms with E-state index in [2.05, 4.69) is 74.5 Å². The number of rotatable bonds is 5. The molecule has 1 aromatic rings. The zero-order valence-electron chi connectivity index (χ0n) is 12.6. The van der Waals surface area contributed by atoms with Gasteiger partial charge in [0.2, 0.25) is 0 Å². The molecule has 1 aliphatic heterocycles. The SMILES string of the molecule is CCCC[C@H](c1cc(I)c(O)c(I)c1)N1CCNCC1.Cl.Cl. The van der Waals surface area contributed by atoms with E-state index in [1.807, 2.05) is 0 Å². The average molecular weight is 573 g/mol. The number of piperazine rings is 1. The molecule has 0 radical (unpaired) electrons. The van der Waals surface area contributed by atoms with Crippen molar-refractivity contribution in [1.29, 1.82) is 0 Å². The first-order chi connectivity index (χ1) is 9.63. The van der Waals surface area contributed by atoms with Crippen LogP contribution in [0.2, 0.25) is 0 Å². The normalized spacial score (nSPS) is 16.5. The Morgan fingerprint density at radius 3 is 2.23 bits per heavy atom. The molecule has 0 spiro atoms. The molecule has 1 atom stereocenters. The largest absolute Gasteiger partial charge is 0.506 e. The maximum Gasteiger partial charge on any atom is 0.142 e. The van der Waals surface area contributed by atoms with Crippen molar-refractivity contribution < 1.29 is 5.11 Å². The van der Waals surface area contributed by atoms with Crippen LogP contribution < -0.4 is 5.32 Å². The summed E-state index contributed by atoms with van der Waals surface area (Å²) in [7, 11) is 0. The molecule has 22 heavy (non-hydrogen) atoms. The highest BCUT2D eigenvalue weighted by Gasteiger charge is 2.23. The van der Waals surface area contributed by atoms with Crippen molar-refractivity contribution in [1.82, 2.24) is 10.2 Å². The molecular formula is C15H24Cl2I2N2O. The van der Waals surface area contributed by atoms with Gasteiger partial charge in [0.1, 0.15) is 5.75 Å². The van der Waals surface area contributed by atoms with Gasteiger partial charge in [-0.15, -0.1) is 24.8 Å². The van der Waals surface area contributed by atoms with Crippen molar-refractivity contribution in [2.24, 2.45) is 0 Å². The van der Waals surface area contributed by atoms with Crippen LogP contribution in [0.15, 0.2) is 12.1 Å². The third-order valence-electron chi connectivity index (χ3n) is 3.85. The second kappa shape index (κ2) is 11.5. The van der Waals surface area contributed by atoms with Crippen LogP contribution in [0.4, 0.5) is 0 Å². The zero-order valence-corrected chi connectivity index (χ0v) is 18.6. The summed E-state index contributed by atoms with van der Waals surface area (Å²) in [6.45, 7) is 6.63. The predicted molar refractivity (Wildman–Crippen MR) is 115 cm³/mol. The highest BCUT2D eigenvalue weighted by atomic mass is 127. The van der Waals surface area contributed by atoms with Crippen LogP contribution >= 0.6 is 70.0 Å². The van der Waals surface area contributed by atoms with Crippen LogP contribution in [0, 0.1) is 7.14 Å². The van der Waals surface area contributed by atoms with Crippen molar-refractivity contribution in [3.05, 3.63) is 24.8 Å². The molecule has 1 heterocycles. The highest BCUT2D eigenvalue weighted by Crippen LogP contribution is 2.34. The van der Waals surface area contributed by atoms with E-state index in [0.717, 1.165) is 33.3 Å². The second-order valence-electron chi connectivity index (χ2n) is 5.28. The molecule has 0 unspecified atom stereocenters. The van der Waals surface area contributed by atoms with Gasteiger partial charge in [-0.2, -0.15) is 0 Å². The van der Waals surface area contributed by atoms with Gasteiger partial charge in [-0.1, -0.05) is 19.8 Å². The minimum absolute atomic E-state index is 0. The number of nitrogens with one attached hydrogen (secondary N) is 1. The summed E-state index contributed by atoms with van der Waals surface area (Å²) >= 11 is 4.46. The Labute approximate surface area is 173 Å². The topological polar surface area (TPSA) is 35.5 Å². The Kier molecular flexibility index (Phi) is 12.0. The summed E-state index contributed by atoms with van der Waals surface area (Å²) in [6, 6.07) is 4.79. The van der Waals surface area contributed by atoms with E-state index in [9.17, 15) is 5.11 Å². The molecular weight excluding hydrogens is 549 g/mol. The number of hydrogen-bond donors (Lipinski definition) is 2. The van der Waals surface area contributed by atoms with E-state index in [4.69, 9.17) is 0 Å². The van der Waals surface area contributed by atoms with Crippen molar-refractivity contribution >= 4 is 70.0 Å². The van der Waals surface area contributed by atoms with E-state index in [1.165, 1.54) is 24.8 Å². The standard InChI is InChI=1S/C15H22I2N2O.2ClH/c1-2-3-4-14(19-7-5-18-6-8-19)11-9-12(16)15(20)13(17)10-11;;/h9-10,14,18,20H,2-8H2,1H3;2*1H/t14-;;/m1../s1. The van der Waals surface area contributed by atoms with Gasteiger partial charge in [0.15, 0.2) is 0 Å². The van der Waals surface area contributed by atoms with Crippen molar-refractivity contribution in [3.8, 4) is 5.75 Å². The fraction of sp³-hybridized carbons (Fsp3) is 0.600. The lowest BCUT2D eigenvalue weighted by Crippen LogP contribution is -2.45. The highest BCUT2D eigenvalue weighted by molar-refractivity contribution is 14.1. The van der Waals surface area contributed by atoms with E-state index < -0.39 is 0 Å². The number of phenolic OH excluding ortho intramolecular Hbond substituents is 1. The van der Waals surface area contributed by atoms with Crippen molar-refractivity contribution in [2.45, 2.75) is 32.2 Å². The first kappa shape index (κ1) is 23.0. The minimum Gasteiger partial charge on any atom is -0.506 e. The molecule has 1 aromatic carbocycles. The van der Waals surface area contributed by atoms with Gasteiger partial charge in [-0.05, 0) is 69.3 Å². The average Bonchev–Trinajstić information content (AvgIpc) is 2.46. The van der Waals surface area contributed by atoms with Gasteiger partial charge >= 0.3 is 0 Å². The lowest BCUT2D eigenvalue weighted by Gasteiger charge is -2.35. The molecule has 2 N–H and O–H groups in total. The first-order valence-electron chi connectivity index (χ1n) is 7.26. The van der Waals surface area contributed by atoms with E-state index in [-0.39, 0.29) is 24.8 Å². The van der Waals surface area contributed by atoms with E-state index >= 15 is 0 Å². The van der Waals surface area contributed by atoms with Crippen LogP contribution in [0.3, 0.4) is 0 Å². The van der Waals surface area contributed by atoms with Gasteiger partial charge in [-0.3, -0.25) is 4.90 Å². The summed E-state index contributed by atoms with van der Waals surface area (Å²) in [6.07, 6.45) is 3.69. The molecule has 1 aliphatic rings. The van der Waals surface area contributed by atoms with Crippen molar-refractivity contribution in [2.75, 3.05) is 26.2 Å². The number of phenols is 1. The predicted octanol–water partition coefficient (Wildman–Crippen LogP) is 4.58. The first-order valence-corrected chi connectivity index (χ1v) is 9.42. The summed E-state index contributed by atoms with van der Waals surface area (Å²) in [5, 5.41) is 13.4.